The van der Waals surface area contributed by atoms with Crippen LogP contribution in [0.3, 0.4) is 0 Å². The van der Waals surface area contributed by atoms with Gasteiger partial charge in [0.05, 0.1) is 13.2 Å². The molecule has 0 amide bonds. The summed E-state index contributed by atoms with van der Waals surface area (Å²) in [6.45, 7) is 6.18. The van der Waals surface area contributed by atoms with Crippen LogP contribution in [0.1, 0.15) is 27.2 Å². The van der Waals surface area contributed by atoms with Gasteiger partial charge in [-0.15, -0.1) is 0 Å². The fourth-order valence-corrected chi connectivity index (χ4v) is 1.99. The molecule has 0 fully saturated rings. The van der Waals surface area contributed by atoms with Gasteiger partial charge in [0.25, 0.3) is 0 Å². The highest BCUT2D eigenvalue weighted by Crippen LogP contribution is 2.21. The summed E-state index contributed by atoms with van der Waals surface area (Å²) in [5, 5.41) is 0. The van der Waals surface area contributed by atoms with Crippen LogP contribution in [0.4, 0.5) is 0 Å². The number of carbonyl (C=O) groups is 1. The normalized spacial score (nSPS) is 17.1. The first-order valence-electron chi connectivity index (χ1n) is 6.63. The van der Waals surface area contributed by atoms with Crippen LogP contribution in [0.25, 0.3) is 0 Å². The molecular weight excluding hydrogens is 240 g/mol. The van der Waals surface area contributed by atoms with Crippen LogP contribution in [0.15, 0.2) is 36.5 Å². The Labute approximate surface area is 117 Å². The van der Waals surface area contributed by atoms with Crippen LogP contribution in [0.5, 0.6) is 0 Å². The smallest absolute Gasteiger partial charge is 0.330 e. The third-order valence-corrected chi connectivity index (χ3v) is 3.04. The molecule has 3 heteroatoms. The molecule has 3 atom stereocenters. The van der Waals surface area contributed by atoms with E-state index in [1.54, 1.807) is 7.11 Å². The Hall–Kier alpha value is -1.35. The van der Waals surface area contributed by atoms with Gasteiger partial charge in [-0.1, -0.05) is 44.2 Å². The van der Waals surface area contributed by atoms with E-state index in [9.17, 15) is 4.79 Å². The summed E-state index contributed by atoms with van der Waals surface area (Å²) in [4.78, 5) is 11.1. The highest BCUT2D eigenvalue weighted by Gasteiger charge is 2.20. The predicted molar refractivity (Wildman–Crippen MR) is 78.9 cm³/mol. The number of esters is 1. The van der Waals surface area contributed by atoms with Crippen molar-refractivity contribution in [3.8, 4) is 0 Å². The third kappa shape index (κ3) is 7.62. The Morgan fingerprint density at radius 3 is 2.42 bits per heavy atom. The Morgan fingerprint density at radius 2 is 1.89 bits per heavy atom. The first-order chi connectivity index (χ1) is 9.06. The summed E-state index contributed by atoms with van der Waals surface area (Å²) in [6.07, 6.45) is 12.5. The molecule has 0 aromatic rings. The lowest BCUT2D eigenvalue weighted by Crippen LogP contribution is -2.26. The molecule has 108 valence electrons. The minimum absolute atomic E-state index is 0.0798. The van der Waals surface area contributed by atoms with E-state index in [1.807, 2.05) is 38.2 Å². The molecule has 0 aliphatic heterocycles. The van der Waals surface area contributed by atoms with E-state index in [-0.39, 0.29) is 18.0 Å². The van der Waals surface area contributed by atoms with Crippen molar-refractivity contribution in [2.24, 2.45) is 11.8 Å². The molecule has 0 heterocycles. The highest BCUT2D eigenvalue weighted by atomic mass is 16.5. The van der Waals surface area contributed by atoms with Gasteiger partial charge in [0, 0.05) is 19.1 Å². The van der Waals surface area contributed by atoms with Gasteiger partial charge < -0.3 is 9.47 Å². The van der Waals surface area contributed by atoms with Crippen molar-refractivity contribution in [2.45, 2.75) is 33.3 Å². The summed E-state index contributed by atoms with van der Waals surface area (Å²) in [5.74, 6) is 0.209. The Morgan fingerprint density at radius 1 is 1.21 bits per heavy atom. The number of allylic oxidation sites excluding steroid dienone is 4. The third-order valence-electron chi connectivity index (χ3n) is 3.04. The van der Waals surface area contributed by atoms with E-state index in [0.29, 0.717) is 5.92 Å². The second kappa shape index (κ2) is 10.6. The number of hydrogen-bond donors (Lipinski definition) is 0. The van der Waals surface area contributed by atoms with Crippen molar-refractivity contribution in [3.63, 3.8) is 0 Å². The van der Waals surface area contributed by atoms with Crippen LogP contribution in [-0.2, 0) is 14.3 Å². The van der Waals surface area contributed by atoms with Crippen LogP contribution in [0, 0.1) is 11.8 Å². The van der Waals surface area contributed by atoms with Crippen LogP contribution >= 0.6 is 0 Å². The minimum atomic E-state index is -0.331. The molecule has 19 heavy (non-hydrogen) atoms. The summed E-state index contributed by atoms with van der Waals surface area (Å²) in [7, 11) is 3.08. The zero-order valence-electron chi connectivity index (χ0n) is 12.6. The zero-order valence-corrected chi connectivity index (χ0v) is 12.6. The maximum absolute atomic E-state index is 11.1. The molecule has 0 bridgehead atoms. The van der Waals surface area contributed by atoms with Crippen LogP contribution < -0.4 is 0 Å². The van der Waals surface area contributed by atoms with Gasteiger partial charge in [-0.25, -0.2) is 4.79 Å². The van der Waals surface area contributed by atoms with Crippen molar-refractivity contribution < 1.29 is 14.3 Å². The lowest BCUT2D eigenvalue weighted by molar-refractivity contribution is -0.134. The number of ether oxygens (including phenoxy) is 2. The van der Waals surface area contributed by atoms with Gasteiger partial charge in [0.15, 0.2) is 0 Å². The van der Waals surface area contributed by atoms with Crippen molar-refractivity contribution in [1.82, 2.24) is 0 Å². The number of methoxy groups -OCH3 is 2. The van der Waals surface area contributed by atoms with E-state index < -0.39 is 0 Å². The van der Waals surface area contributed by atoms with E-state index in [4.69, 9.17) is 4.74 Å². The lowest BCUT2D eigenvalue weighted by Gasteiger charge is -2.25. The zero-order chi connectivity index (χ0) is 14.7. The quantitative estimate of drug-likeness (QED) is 0.383. The number of carbonyl (C=O) groups excluding carboxylic acids is 1. The van der Waals surface area contributed by atoms with Gasteiger partial charge >= 0.3 is 5.97 Å². The van der Waals surface area contributed by atoms with Crippen molar-refractivity contribution in [1.29, 1.82) is 0 Å². The second-order valence-corrected chi connectivity index (χ2v) is 4.61. The molecule has 0 aromatic carbocycles. The molecule has 0 aromatic heterocycles. The topological polar surface area (TPSA) is 35.5 Å². The van der Waals surface area contributed by atoms with Crippen LogP contribution in [-0.4, -0.2) is 26.3 Å². The van der Waals surface area contributed by atoms with Crippen molar-refractivity contribution in [2.75, 3.05) is 14.2 Å². The van der Waals surface area contributed by atoms with Gasteiger partial charge in [-0.3, -0.25) is 0 Å². The first-order valence-corrected chi connectivity index (χ1v) is 6.63. The fourth-order valence-electron chi connectivity index (χ4n) is 1.99. The van der Waals surface area contributed by atoms with Gasteiger partial charge in [-0.05, 0) is 19.3 Å². The average molecular weight is 266 g/mol. The molecule has 0 rings (SSSR count). The van der Waals surface area contributed by atoms with E-state index >= 15 is 0 Å². The molecule has 0 spiro atoms. The molecule has 0 N–H and O–H groups in total. The van der Waals surface area contributed by atoms with Gasteiger partial charge in [-0.2, -0.15) is 0 Å². The number of hydrogen-bond acceptors (Lipinski definition) is 3. The van der Waals surface area contributed by atoms with E-state index in [2.05, 4.69) is 17.7 Å². The predicted octanol–water partition coefficient (Wildman–Crippen LogP) is 3.53. The Bertz CT molecular complexity index is 329. The SMILES string of the molecule is C/C=C/C=C/C[C@@H](C)[C@H](OC)[C@@H](C)/C=C/C(=O)OC. The van der Waals surface area contributed by atoms with Crippen molar-refractivity contribution in [3.05, 3.63) is 36.5 Å². The average Bonchev–Trinajstić information content (AvgIpc) is 2.41. The lowest BCUT2D eigenvalue weighted by atomic mass is 9.90. The fraction of sp³-hybridized carbons (Fsp3) is 0.562. The summed E-state index contributed by atoms with van der Waals surface area (Å²) >= 11 is 0. The molecule has 0 unspecified atom stereocenters. The van der Waals surface area contributed by atoms with Gasteiger partial charge in [0.2, 0.25) is 0 Å². The second-order valence-electron chi connectivity index (χ2n) is 4.61. The van der Waals surface area contributed by atoms with Crippen molar-refractivity contribution >= 4 is 5.97 Å². The minimum Gasteiger partial charge on any atom is -0.466 e. The molecule has 0 aliphatic carbocycles. The molecule has 0 radical (unpaired) electrons. The summed E-state index contributed by atoms with van der Waals surface area (Å²) in [6, 6.07) is 0. The monoisotopic (exact) mass is 266 g/mol. The highest BCUT2D eigenvalue weighted by molar-refractivity contribution is 5.81. The van der Waals surface area contributed by atoms with Gasteiger partial charge in [0.1, 0.15) is 0 Å². The molecule has 3 nitrogen and oxygen atoms in total. The van der Waals surface area contributed by atoms with E-state index in [1.165, 1.54) is 13.2 Å². The standard InChI is InChI=1S/C16H26O3/c1-6-7-8-9-10-13(2)16(19-5)14(3)11-12-15(17)18-4/h6-9,11-14,16H,10H2,1-5H3/b7-6+,9-8+,12-11+/t13-,14+,16+/m1/s1. The summed E-state index contributed by atoms with van der Waals surface area (Å²) in [5.41, 5.74) is 0. The van der Waals surface area contributed by atoms with Crippen LogP contribution in [0.2, 0.25) is 0 Å². The molecule has 0 saturated heterocycles. The maximum Gasteiger partial charge on any atom is 0.330 e. The Balaban J connectivity index is 4.45. The molecular formula is C16H26O3. The molecule has 0 aliphatic rings. The largest absolute Gasteiger partial charge is 0.466 e. The van der Waals surface area contributed by atoms with E-state index in [0.717, 1.165) is 6.42 Å². The Kier molecular flexibility index (Phi) is 9.81. The maximum atomic E-state index is 11.1. The first kappa shape index (κ1) is 17.6. The molecule has 0 saturated carbocycles. The summed E-state index contributed by atoms with van der Waals surface area (Å²) < 4.78 is 10.1. The number of rotatable bonds is 8.